The van der Waals surface area contributed by atoms with Crippen LogP contribution >= 0.6 is 11.8 Å². The van der Waals surface area contributed by atoms with Crippen molar-refractivity contribution in [3.8, 4) is 0 Å². The molecule has 0 aromatic rings. The molecule has 0 amide bonds. The molecule has 1 fully saturated rings. The standard InChI is InChI=1S/C13H27NS/c1-8(2)11-7-15-13(10(5)6)12(14-11)9(3)4/h8-14H,7H2,1-6H3. The second-order valence-corrected chi connectivity index (χ2v) is 7.04. The Morgan fingerprint density at radius 2 is 1.53 bits per heavy atom. The van der Waals surface area contributed by atoms with Crippen LogP contribution in [0.1, 0.15) is 41.5 Å². The minimum Gasteiger partial charge on any atom is -0.309 e. The summed E-state index contributed by atoms with van der Waals surface area (Å²) in [5.74, 6) is 3.56. The van der Waals surface area contributed by atoms with Crippen molar-refractivity contribution in [1.29, 1.82) is 0 Å². The van der Waals surface area contributed by atoms with Crippen LogP contribution in [0.25, 0.3) is 0 Å². The SMILES string of the molecule is CC(C)C1CSC(C(C)C)C(C(C)C)N1. The highest BCUT2D eigenvalue weighted by atomic mass is 32.2. The van der Waals surface area contributed by atoms with Gasteiger partial charge in [0, 0.05) is 23.1 Å². The van der Waals surface area contributed by atoms with E-state index in [1.54, 1.807) is 0 Å². The fourth-order valence-corrected chi connectivity index (χ4v) is 4.17. The van der Waals surface area contributed by atoms with Crippen LogP contribution in [-0.4, -0.2) is 23.1 Å². The van der Waals surface area contributed by atoms with E-state index >= 15 is 0 Å². The van der Waals surface area contributed by atoms with Crippen molar-refractivity contribution < 1.29 is 0 Å². The monoisotopic (exact) mass is 229 g/mol. The Bertz CT molecular complexity index is 189. The van der Waals surface area contributed by atoms with Gasteiger partial charge >= 0.3 is 0 Å². The Balaban J connectivity index is 2.65. The largest absolute Gasteiger partial charge is 0.309 e. The Labute approximate surface area is 99.8 Å². The van der Waals surface area contributed by atoms with Crippen molar-refractivity contribution in [3.05, 3.63) is 0 Å². The maximum Gasteiger partial charge on any atom is 0.0227 e. The van der Waals surface area contributed by atoms with Gasteiger partial charge in [-0.15, -0.1) is 0 Å². The molecule has 1 heterocycles. The molecule has 1 aliphatic rings. The lowest BCUT2D eigenvalue weighted by Gasteiger charge is -2.42. The van der Waals surface area contributed by atoms with Crippen molar-refractivity contribution in [3.63, 3.8) is 0 Å². The van der Waals surface area contributed by atoms with Gasteiger partial charge in [0.05, 0.1) is 0 Å². The van der Waals surface area contributed by atoms with Gasteiger partial charge in [-0.3, -0.25) is 0 Å². The van der Waals surface area contributed by atoms with E-state index in [2.05, 4.69) is 58.6 Å². The van der Waals surface area contributed by atoms with Crippen LogP contribution in [0.4, 0.5) is 0 Å². The molecule has 0 radical (unpaired) electrons. The zero-order chi connectivity index (χ0) is 11.6. The summed E-state index contributed by atoms with van der Waals surface area (Å²) in [4.78, 5) is 0. The van der Waals surface area contributed by atoms with Crippen LogP contribution in [-0.2, 0) is 0 Å². The van der Waals surface area contributed by atoms with Crippen molar-refractivity contribution in [2.24, 2.45) is 17.8 Å². The van der Waals surface area contributed by atoms with Crippen LogP contribution in [0.5, 0.6) is 0 Å². The second kappa shape index (κ2) is 5.58. The molecule has 1 N–H and O–H groups in total. The fraction of sp³-hybridized carbons (Fsp3) is 1.00. The summed E-state index contributed by atoms with van der Waals surface area (Å²) in [5.41, 5.74) is 0. The predicted octanol–water partition coefficient (Wildman–Crippen LogP) is 3.40. The van der Waals surface area contributed by atoms with Gasteiger partial charge in [-0.25, -0.2) is 0 Å². The highest BCUT2D eigenvalue weighted by Crippen LogP contribution is 2.32. The minimum atomic E-state index is 0.691. The number of rotatable bonds is 3. The maximum absolute atomic E-state index is 3.86. The van der Waals surface area contributed by atoms with E-state index in [4.69, 9.17) is 0 Å². The molecule has 90 valence electrons. The first-order chi connectivity index (χ1) is 6.93. The van der Waals surface area contributed by atoms with Gasteiger partial charge in [-0.1, -0.05) is 41.5 Å². The molecule has 1 rings (SSSR count). The number of hydrogen-bond donors (Lipinski definition) is 1. The van der Waals surface area contributed by atoms with Gasteiger partial charge in [-0.05, 0) is 17.8 Å². The molecular weight excluding hydrogens is 202 g/mol. The van der Waals surface area contributed by atoms with Gasteiger partial charge in [0.25, 0.3) is 0 Å². The molecule has 0 aromatic carbocycles. The molecule has 0 aromatic heterocycles. The molecule has 2 heteroatoms. The Kier molecular flexibility index (Phi) is 4.98. The summed E-state index contributed by atoms with van der Waals surface area (Å²) >= 11 is 2.18. The third kappa shape index (κ3) is 3.39. The van der Waals surface area contributed by atoms with E-state index < -0.39 is 0 Å². The summed E-state index contributed by atoms with van der Waals surface area (Å²) in [5, 5.41) is 4.65. The summed E-state index contributed by atoms with van der Waals surface area (Å²) in [7, 11) is 0. The zero-order valence-electron chi connectivity index (χ0n) is 11.1. The molecule has 0 bridgehead atoms. The Hall–Kier alpha value is 0.310. The van der Waals surface area contributed by atoms with Gasteiger partial charge in [-0.2, -0.15) is 11.8 Å². The molecule has 0 aliphatic carbocycles. The van der Waals surface area contributed by atoms with Crippen LogP contribution in [0.15, 0.2) is 0 Å². The molecule has 0 spiro atoms. The fourth-order valence-electron chi connectivity index (χ4n) is 2.27. The van der Waals surface area contributed by atoms with Gasteiger partial charge in [0.2, 0.25) is 0 Å². The van der Waals surface area contributed by atoms with E-state index in [1.165, 1.54) is 5.75 Å². The van der Waals surface area contributed by atoms with Crippen LogP contribution in [0.3, 0.4) is 0 Å². The van der Waals surface area contributed by atoms with E-state index in [0.29, 0.717) is 12.1 Å². The first-order valence-electron chi connectivity index (χ1n) is 6.31. The summed E-state index contributed by atoms with van der Waals surface area (Å²) < 4.78 is 0. The highest BCUT2D eigenvalue weighted by Gasteiger charge is 2.34. The summed E-state index contributed by atoms with van der Waals surface area (Å²) in [6.07, 6.45) is 0. The molecule has 1 aliphatic heterocycles. The molecule has 1 saturated heterocycles. The predicted molar refractivity (Wildman–Crippen MR) is 71.5 cm³/mol. The topological polar surface area (TPSA) is 12.0 Å². The van der Waals surface area contributed by atoms with E-state index in [9.17, 15) is 0 Å². The maximum atomic E-state index is 3.86. The van der Waals surface area contributed by atoms with Crippen LogP contribution in [0, 0.1) is 17.8 Å². The Morgan fingerprint density at radius 1 is 0.933 bits per heavy atom. The lowest BCUT2D eigenvalue weighted by atomic mass is 9.91. The first-order valence-corrected chi connectivity index (χ1v) is 7.36. The molecule has 15 heavy (non-hydrogen) atoms. The average Bonchev–Trinajstić information content (AvgIpc) is 2.16. The number of hydrogen-bond acceptors (Lipinski definition) is 2. The molecule has 0 saturated carbocycles. The molecule has 1 nitrogen and oxygen atoms in total. The molecule has 3 unspecified atom stereocenters. The summed E-state index contributed by atoms with van der Waals surface area (Å²) in [6.45, 7) is 14.0. The van der Waals surface area contributed by atoms with Crippen LogP contribution in [0.2, 0.25) is 0 Å². The summed E-state index contributed by atoms with van der Waals surface area (Å²) in [6, 6.07) is 1.40. The normalized spacial score (nSPS) is 33.0. The lowest BCUT2D eigenvalue weighted by molar-refractivity contribution is 0.281. The second-order valence-electron chi connectivity index (χ2n) is 5.83. The first kappa shape index (κ1) is 13.4. The third-order valence-electron chi connectivity index (χ3n) is 3.41. The Morgan fingerprint density at radius 3 is 1.93 bits per heavy atom. The van der Waals surface area contributed by atoms with Crippen molar-refractivity contribution in [2.75, 3.05) is 5.75 Å². The smallest absolute Gasteiger partial charge is 0.0227 e. The molecular formula is C13H27NS. The third-order valence-corrected chi connectivity index (χ3v) is 5.18. The van der Waals surface area contributed by atoms with Crippen molar-refractivity contribution in [2.45, 2.75) is 58.9 Å². The van der Waals surface area contributed by atoms with Gasteiger partial charge < -0.3 is 5.32 Å². The average molecular weight is 229 g/mol. The van der Waals surface area contributed by atoms with Crippen molar-refractivity contribution >= 4 is 11.8 Å². The molecule has 3 atom stereocenters. The quantitative estimate of drug-likeness (QED) is 0.796. The zero-order valence-corrected chi connectivity index (χ0v) is 11.9. The van der Waals surface area contributed by atoms with Gasteiger partial charge in [0.15, 0.2) is 0 Å². The minimum absolute atomic E-state index is 0.691. The van der Waals surface area contributed by atoms with E-state index in [-0.39, 0.29) is 0 Å². The number of nitrogens with one attached hydrogen (secondary N) is 1. The van der Waals surface area contributed by atoms with E-state index in [0.717, 1.165) is 23.0 Å². The van der Waals surface area contributed by atoms with Gasteiger partial charge in [0.1, 0.15) is 0 Å². The highest BCUT2D eigenvalue weighted by molar-refractivity contribution is 8.00. The number of thioether (sulfide) groups is 1. The van der Waals surface area contributed by atoms with E-state index in [1.807, 2.05) is 0 Å². The lowest BCUT2D eigenvalue weighted by Crippen LogP contribution is -2.55. The van der Waals surface area contributed by atoms with Crippen LogP contribution < -0.4 is 5.32 Å². The van der Waals surface area contributed by atoms with Crippen molar-refractivity contribution in [1.82, 2.24) is 5.32 Å².